The van der Waals surface area contributed by atoms with Gasteiger partial charge in [-0.2, -0.15) is 0 Å². The summed E-state index contributed by atoms with van der Waals surface area (Å²) in [5.41, 5.74) is 0.738. The molecule has 146 valence electrons. The van der Waals surface area contributed by atoms with Crippen molar-refractivity contribution in [1.29, 1.82) is 0 Å². The van der Waals surface area contributed by atoms with E-state index in [1.807, 2.05) is 19.1 Å². The van der Waals surface area contributed by atoms with Gasteiger partial charge in [0.25, 0.3) is 0 Å². The van der Waals surface area contributed by atoms with Gasteiger partial charge in [0.2, 0.25) is 0 Å². The predicted octanol–water partition coefficient (Wildman–Crippen LogP) is 2.46. The van der Waals surface area contributed by atoms with E-state index in [1.54, 1.807) is 37.0 Å². The zero-order valence-corrected chi connectivity index (χ0v) is 16.4. The topological polar surface area (TPSA) is 102 Å². The van der Waals surface area contributed by atoms with E-state index in [1.165, 1.54) is 12.3 Å². The number of nitrogens with zero attached hydrogens (tertiary/aromatic N) is 3. The number of thioether (sulfide) groups is 1. The van der Waals surface area contributed by atoms with Crippen LogP contribution in [0, 0.1) is 0 Å². The molecule has 0 N–H and O–H groups in total. The molecule has 9 heteroatoms. The number of aromatic nitrogens is 3. The Balaban J connectivity index is 1.99. The molecule has 2 heterocycles. The quantitative estimate of drug-likeness (QED) is 0.420. The van der Waals surface area contributed by atoms with Crippen molar-refractivity contribution in [2.75, 3.05) is 14.2 Å². The van der Waals surface area contributed by atoms with Gasteiger partial charge in [-0.3, -0.25) is 0 Å². The monoisotopic (exact) mass is 400 g/mol. The summed E-state index contributed by atoms with van der Waals surface area (Å²) in [5, 5.41) is 20.4. The molecule has 0 fully saturated rings. The zero-order chi connectivity index (χ0) is 20.1. The fraction of sp³-hybridized carbons (Fsp3) is 0.211. The molecule has 0 unspecified atom stereocenters. The van der Waals surface area contributed by atoms with Crippen LogP contribution in [0.1, 0.15) is 12.7 Å². The van der Waals surface area contributed by atoms with Crippen molar-refractivity contribution in [3.63, 3.8) is 0 Å². The number of hydrogen-bond acceptors (Lipinski definition) is 8. The summed E-state index contributed by atoms with van der Waals surface area (Å²) in [6.07, 6.45) is 2.86. The van der Waals surface area contributed by atoms with Crippen LogP contribution in [0.3, 0.4) is 0 Å². The fourth-order valence-electron chi connectivity index (χ4n) is 2.53. The number of furan rings is 1. The maximum Gasteiger partial charge on any atom is 0.196 e. The van der Waals surface area contributed by atoms with Crippen molar-refractivity contribution < 1.29 is 23.8 Å². The van der Waals surface area contributed by atoms with E-state index in [2.05, 4.69) is 10.2 Å². The maximum absolute atomic E-state index is 11.5. The average molecular weight is 400 g/mol. The lowest BCUT2D eigenvalue weighted by Crippen LogP contribution is -2.23. The van der Waals surface area contributed by atoms with Gasteiger partial charge in [-0.1, -0.05) is 0 Å². The second kappa shape index (κ2) is 8.66. The molecule has 0 aliphatic rings. The van der Waals surface area contributed by atoms with Crippen molar-refractivity contribution in [1.82, 2.24) is 14.8 Å². The second-order valence-corrected chi connectivity index (χ2v) is 6.57. The van der Waals surface area contributed by atoms with Gasteiger partial charge in [0, 0.05) is 23.1 Å². The van der Waals surface area contributed by atoms with Crippen LogP contribution >= 0.6 is 11.8 Å². The Kier molecular flexibility index (Phi) is 6.05. The Labute approximate surface area is 165 Å². The van der Waals surface area contributed by atoms with Gasteiger partial charge in [-0.25, -0.2) is 0 Å². The number of carboxylic acid groups (broad SMARTS) is 1. The van der Waals surface area contributed by atoms with E-state index in [0.29, 0.717) is 34.8 Å². The Morgan fingerprint density at radius 3 is 2.50 bits per heavy atom. The van der Waals surface area contributed by atoms with E-state index in [9.17, 15) is 9.90 Å². The molecule has 0 spiro atoms. The molecule has 0 aliphatic carbocycles. The largest absolute Gasteiger partial charge is 0.544 e. The van der Waals surface area contributed by atoms with Gasteiger partial charge in [0.1, 0.15) is 17.3 Å². The minimum Gasteiger partial charge on any atom is -0.544 e. The SMILES string of the molecule is CCn1c(S/C(=C/c2ccco2)C(=O)[O-])nnc1-c1cc(OC)cc(OC)c1. The molecule has 8 nitrogen and oxygen atoms in total. The first kappa shape index (κ1) is 19.6. The van der Waals surface area contributed by atoms with Crippen molar-refractivity contribution in [3.8, 4) is 22.9 Å². The molecule has 0 atom stereocenters. The lowest BCUT2D eigenvalue weighted by atomic mass is 10.2. The van der Waals surface area contributed by atoms with Gasteiger partial charge in [0.15, 0.2) is 11.0 Å². The van der Waals surface area contributed by atoms with Crippen molar-refractivity contribution in [2.24, 2.45) is 0 Å². The number of rotatable bonds is 8. The highest BCUT2D eigenvalue weighted by Gasteiger charge is 2.17. The molecular formula is C19H18N3O5S-. The van der Waals surface area contributed by atoms with Crippen LogP contribution in [-0.2, 0) is 11.3 Å². The highest BCUT2D eigenvalue weighted by molar-refractivity contribution is 8.04. The zero-order valence-electron chi connectivity index (χ0n) is 15.5. The van der Waals surface area contributed by atoms with Crippen LogP contribution < -0.4 is 14.6 Å². The maximum atomic E-state index is 11.5. The summed E-state index contributed by atoms with van der Waals surface area (Å²) < 4.78 is 17.6. The van der Waals surface area contributed by atoms with Crippen molar-refractivity contribution >= 4 is 23.8 Å². The predicted molar refractivity (Wildman–Crippen MR) is 102 cm³/mol. The van der Waals surface area contributed by atoms with Gasteiger partial charge in [-0.15, -0.1) is 10.2 Å². The van der Waals surface area contributed by atoms with Gasteiger partial charge in [-0.05, 0) is 49.0 Å². The minimum atomic E-state index is -1.32. The van der Waals surface area contributed by atoms with Crippen LogP contribution in [-0.4, -0.2) is 35.0 Å². The summed E-state index contributed by atoms with van der Waals surface area (Å²) in [4.78, 5) is 11.5. The van der Waals surface area contributed by atoms with E-state index in [-0.39, 0.29) is 4.91 Å². The summed E-state index contributed by atoms with van der Waals surface area (Å²) in [6.45, 7) is 2.45. The third-order valence-corrected chi connectivity index (χ3v) is 4.85. The molecule has 1 aromatic carbocycles. The summed E-state index contributed by atoms with van der Waals surface area (Å²) >= 11 is 0.948. The number of benzene rings is 1. The molecular weight excluding hydrogens is 382 g/mol. The van der Waals surface area contributed by atoms with E-state index in [0.717, 1.165) is 17.3 Å². The normalized spacial score (nSPS) is 11.5. The van der Waals surface area contributed by atoms with Crippen LogP contribution in [0.5, 0.6) is 11.5 Å². The molecule has 0 bridgehead atoms. The van der Waals surface area contributed by atoms with Crippen molar-refractivity contribution in [3.05, 3.63) is 47.3 Å². The first-order valence-electron chi connectivity index (χ1n) is 8.36. The minimum absolute atomic E-state index is 0.0353. The Morgan fingerprint density at radius 1 is 1.25 bits per heavy atom. The molecule has 0 saturated heterocycles. The third kappa shape index (κ3) is 4.20. The van der Waals surface area contributed by atoms with Crippen LogP contribution in [0.15, 0.2) is 51.1 Å². The van der Waals surface area contributed by atoms with E-state index >= 15 is 0 Å². The van der Waals surface area contributed by atoms with Crippen LogP contribution in [0.2, 0.25) is 0 Å². The smallest absolute Gasteiger partial charge is 0.196 e. The molecule has 3 rings (SSSR count). The summed E-state index contributed by atoms with van der Waals surface area (Å²) in [7, 11) is 3.13. The standard InChI is InChI=1S/C19H19N3O5S/c1-4-22-17(12-8-14(25-2)10-15(9-12)26-3)20-21-19(22)28-16(18(23)24)11-13-6-5-7-27-13/h5-11H,4H2,1-3H3,(H,23,24)/p-1/b16-11+. The summed E-state index contributed by atoms with van der Waals surface area (Å²) in [6, 6.07) is 8.71. The van der Waals surface area contributed by atoms with Gasteiger partial charge in [0.05, 0.1) is 26.5 Å². The molecule has 0 radical (unpaired) electrons. The third-order valence-electron chi connectivity index (χ3n) is 3.86. The Hall–Kier alpha value is -3.20. The highest BCUT2D eigenvalue weighted by Crippen LogP contribution is 2.33. The van der Waals surface area contributed by atoms with Gasteiger partial charge >= 0.3 is 0 Å². The second-order valence-electron chi connectivity index (χ2n) is 5.57. The number of ether oxygens (including phenoxy) is 2. The first-order valence-corrected chi connectivity index (χ1v) is 9.18. The van der Waals surface area contributed by atoms with Crippen LogP contribution in [0.4, 0.5) is 0 Å². The fourth-order valence-corrected chi connectivity index (χ4v) is 3.39. The molecule has 2 aromatic heterocycles. The number of carbonyl (C=O) groups is 1. The van der Waals surface area contributed by atoms with Crippen molar-refractivity contribution in [2.45, 2.75) is 18.6 Å². The molecule has 3 aromatic rings. The number of hydrogen-bond donors (Lipinski definition) is 0. The number of aliphatic carboxylic acids is 1. The highest BCUT2D eigenvalue weighted by atomic mass is 32.2. The molecule has 0 aliphatic heterocycles. The molecule has 0 amide bonds. The summed E-state index contributed by atoms with van der Waals surface area (Å²) in [5.74, 6) is 0.881. The van der Waals surface area contributed by atoms with E-state index in [4.69, 9.17) is 13.9 Å². The lowest BCUT2D eigenvalue weighted by Gasteiger charge is -2.11. The lowest BCUT2D eigenvalue weighted by molar-refractivity contribution is -0.298. The number of methoxy groups -OCH3 is 2. The molecule has 28 heavy (non-hydrogen) atoms. The Morgan fingerprint density at radius 2 is 1.96 bits per heavy atom. The Bertz CT molecular complexity index is 973. The average Bonchev–Trinajstić information content (AvgIpc) is 3.36. The molecule has 0 saturated carbocycles. The van der Waals surface area contributed by atoms with E-state index < -0.39 is 5.97 Å². The number of carbonyl (C=O) groups excluding carboxylic acids is 1. The first-order chi connectivity index (χ1) is 13.5. The number of carboxylic acids is 1. The van der Waals surface area contributed by atoms with Gasteiger partial charge < -0.3 is 28.4 Å². The van der Waals surface area contributed by atoms with Crippen LogP contribution in [0.25, 0.3) is 17.5 Å².